The minimum Gasteiger partial charge on any atom is -0.394 e. The van der Waals surface area contributed by atoms with E-state index in [1.807, 2.05) is 26.1 Å². The summed E-state index contributed by atoms with van der Waals surface area (Å²) in [6.45, 7) is 3.55. The van der Waals surface area contributed by atoms with E-state index in [0.717, 1.165) is 21.0 Å². The van der Waals surface area contributed by atoms with Crippen LogP contribution in [0.3, 0.4) is 0 Å². The highest BCUT2D eigenvalue weighted by Gasteiger charge is 2.44. The van der Waals surface area contributed by atoms with Gasteiger partial charge in [0.2, 0.25) is 0 Å². The summed E-state index contributed by atoms with van der Waals surface area (Å²) in [4.78, 5) is 5.55. The quantitative estimate of drug-likeness (QED) is 0.586. The molecule has 2 heterocycles. The van der Waals surface area contributed by atoms with Gasteiger partial charge in [0.25, 0.3) is 0 Å². The Hall–Kier alpha value is -1.32. The lowest BCUT2D eigenvalue weighted by atomic mass is 9.90. The summed E-state index contributed by atoms with van der Waals surface area (Å²) in [5, 5.41) is 41.2. The number of hydrogen-bond acceptors (Lipinski definition) is 7. The van der Waals surface area contributed by atoms with E-state index in [4.69, 9.17) is 16.3 Å². The number of aliphatic hydroxyl groups is 4. The fourth-order valence-electron chi connectivity index (χ4n) is 3.16. The smallest absolute Gasteiger partial charge is 0.113 e. The van der Waals surface area contributed by atoms with Crippen molar-refractivity contribution in [1.29, 1.82) is 0 Å². The summed E-state index contributed by atoms with van der Waals surface area (Å²) >= 11 is 7.95. The number of thiazole rings is 1. The number of aromatic nitrogens is 1. The standard InChI is InChI=1S/C20H24ClNO5S/c1-3-10(2)15-8-22-16(28-15)7-12-6-11(4-5-13(12)21)20-19(26)18(25)17(24)14(9-23)27-20/h3-6,8,14,17-20,23-26H,7,9H2,1-2H3/b10-3+/t14-,17-,18+,19-,20+/m1/s1. The van der Waals surface area contributed by atoms with Crippen LogP contribution in [0.15, 0.2) is 30.5 Å². The molecule has 8 heteroatoms. The molecule has 0 amide bonds. The van der Waals surface area contributed by atoms with Crippen molar-refractivity contribution in [3.63, 3.8) is 0 Å². The molecule has 1 aromatic carbocycles. The third-order valence-electron chi connectivity index (χ3n) is 5.01. The molecule has 1 saturated heterocycles. The lowest BCUT2D eigenvalue weighted by Crippen LogP contribution is -2.55. The van der Waals surface area contributed by atoms with Crippen molar-refractivity contribution in [1.82, 2.24) is 4.98 Å². The van der Waals surface area contributed by atoms with Crippen LogP contribution in [0.5, 0.6) is 0 Å². The molecule has 2 aromatic rings. The van der Waals surface area contributed by atoms with Gasteiger partial charge < -0.3 is 25.2 Å². The van der Waals surface area contributed by atoms with Crippen molar-refractivity contribution in [2.24, 2.45) is 0 Å². The van der Waals surface area contributed by atoms with Gasteiger partial charge in [-0.2, -0.15) is 0 Å². The number of hydrogen-bond donors (Lipinski definition) is 4. The van der Waals surface area contributed by atoms with Crippen molar-refractivity contribution in [2.45, 2.75) is 50.8 Å². The molecule has 0 aliphatic carbocycles. The van der Waals surface area contributed by atoms with Crippen LogP contribution in [0.25, 0.3) is 5.57 Å². The molecule has 28 heavy (non-hydrogen) atoms. The van der Waals surface area contributed by atoms with Crippen LogP contribution in [0.4, 0.5) is 0 Å². The van der Waals surface area contributed by atoms with E-state index in [2.05, 4.69) is 4.98 Å². The van der Waals surface area contributed by atoms with Crippen LogP contribution in [0.1, 0.15) is 41.0 Å². The van der Waals surface area contributed by atoms with E-state index in [1.165, 1.54) is 0 Å². The lowest BCUT2D eigenvalue weighted by Gasteiger charge is -2.40. The van der Waals surface area contributed by atoms with Gasteiger partial charge in [0.05, 0.1) is 11.6 Å². The predicted octanol–water partition coefficient (Wildman–Crippen LogP) is 2.33. The van der Waals surface area contributed by atoms with E-state index < -0.39 is 37.1 Å². The Morgan fingerprint density at radius 2 is 2.00 bits per heavy atom. The first-order valence-electron chi connectivity index (χ1n) is 9.02. The fourth-order valence-corrected chi connectivity index (χ4v) is 4.32. The van der Waals surface area contributed by atoms with Gasteiger partial charge in [0.15, 0.2) is 0 Å². The van der Waals surface area contributed by atoms with Gasteiger partial charge in [-0.1, -0.05) is 29.8 Å². The number of allylic oxidation sites excluding steroid dienone is 2. The molecule has 0 radical (unpaired) electrons. The summed E-state index contributed by atoms with van der Waals surface area (Å²) in [6.07, 6.45) is -1.57. The third-order valence-corrected chi connectivity index (χ3v) is 6.51. The molecule has 0 spiro atoms. The molecule has 0 unspecified atom stereocenters. The Balaban J connectivity index is 1.86. The molecule has 6 nitrogen and oxygen atoms in total. The van der Waals surface area contributed by atoms with Gasteiger partial charge in [-0.25, -0.2) is 4.98 Å². The van der Waals surface area contributed by atoms with Crippen LogP contribution < -0.4 is 0 Å². The minimum absolute atomic E-state index is 0.464. The van der Waals surface area contributed by atoms with E-state index in [0.29, 0.717) is 17.0 Å². The average Bonchev–Trinajstić information content (AvgIpc) is 3.16. The van der Waals surface area contributed by atoms with E-state index in [-0.39, 0.29) is 0 Å². The Morgan fingerprint density at radius 3 is 2.68 bits per heavy atom. The van der Waals surface area contributed by atoms with Crippen molar-refractivity contribution < 1.29 is 25.2 Å². The maximum Gasteiger partial charge on any atom is 0.113 e. The summed E-state index contributed by atoms with van der Waals surface area (Å²) in [5.41, 5.74) is 2.58. The number of rotatable bonds is 5. The topological polar surface area (TPSA) is 103 Å². The molecular weight excluding hydrogens is 402 g/mol. The van der Waals surface area contributed by atoms with Crippen molar-refractivity contribution in [3.8, 4) is 0 Å². The monoisotopic (exact) mass is 425 g/mol. The van der Waals surface area contributed by atoms with Gasteiger partial charge in [-0.3, -0.25) is 0 Å². The second-order valence-electron chi connectivity index (χ2n) is 6.87. The predicted molar refractivity (Wildman–Crippen MR) is 108 cm³/mol. The first-order chi connectivity index (χ1) is 13.3. The lowest BCUT2D eigenvalue weighted by molar-refractivity contribution is -0.231. The highest BCUT2D eigenvalue weighted by molar-refractivity contribution is 7.12. The Morgan fingerprint density at radius 1 is 1.25 bits per heavy atom. The SMILES string of the molecule is C/C=C(\C)c1cnc(Cc2cc([C@@H]3O[C@H](CO)[C@@H](O)[C@H](O)[C@H]3O)ccc2Cl)s1. The molecule has 1 aliphatic heterocycles. The molecular formula is C20H24ClNO5S. The van der Waals surface area contributed by atoms with Crippen LogP contribution in [0, 0.1) is 0 Å². The first-order valence-corrected chi connectivity index (χ1v) is 10.2. The third kappa shape index (κ3) is 4.31. The summed E-state index contributed by atoms with van der Waals surface area (Å²) in [5.74, 6) is 0. The summed E-state index contributed by atoms with van der Waals surface area (Å²) in [6, 6.07) is 5.22. The Kier molecular flexibility index (Phi) is 6.88. The summed E-state index contributed by atoms with van der Waals surface area (Å²) < 4.78 is 5.64. The highest BCUT2D eigenvalue weighted by atomic mass is 35.5. The van der Waals surface area contributed by atoms with Crippen molar-refractivity contribution in [2.75, 3.05) is 6.61 Å². The largest absolute Gasteiger partial charge is 0.394 e. The van der Waals surface area contributed by atoms with Gasteiger partial charge in [0, 0.05) is 22.5 Å². The number of nitrogens with zero attached hydrogens (tertiary/aromatic N) is 1. The van der Waals surface area contributed by atoms with Crippen LogP contribution in [0.2, 0.25) is 5.02 Å². The van der Waals surface area contributed by atoms with Gasteiger partial charge >= 0.3 is 0 Å². The van der Waals surface area contributed by atoms with E-state index in [1.54, 1.807) is 29.5 Å². The molecule has 1 fully saturated rings. The van der Waals surface area contributed by atoms with Crippen LogP contribution in [-0.4, -0.2) is 56.4 Å². The second kappa shape index (κ2) is 9.00. The van der Waals surface area contributed by atoms with Gasteiger partial charge in [0.1, 0.15) is 30.5 Å². The highest BCUT2D eigenvalue weighted by Crippen LogP contribution is 2.35. The Bertz CT molecular complexity index is 853. The molecule has 1 aliphatic rings. The molecule has 1 aromatic heterocycles. The molecule has 5 atom stereocenters. The molecule has 0 bridgehead atoms. The maximum absolute atomic E-state index is 10.3. The van der Waals surface area contributed by atoms with Crippen molar-refractivity contribution in [3.05, 3.63) is 56.5 Å². The van der Waals surface area contributed by atoms with E-state index >= 15 is 0 Å². The zero-order valence-corrected chi connectivity index (χ0v) is 17.2. The summed E-state index contributed by atoms with van der Waals surface area (Å²) in [7, 11) is 0. The number of ether oxygens (including phenoxy) is 1. The number of benzene rings is 1. The van der Waals surface area contributed by atoms with Crippen LogP contribution >= 0.6 is 22.9 Å². The second-order valence-corrected chi connectivity index (χ2v) is 8.39. The molecule has 4 N–H and O–H groups in total. The Labute approximate surface area is 172 Å². The van der Waals surface area contributed by atoms with E-state index in [9.17, 15) is 20.4 Å². The molecule has 3 rings (SSSR count). The first kappa shape index (κ1) is 21.4. The van der Waals surface area contributed by atoms with Gasteiger partial charge in [-0.05, 0) is 36.6 Å². The molecule has 152 valence electrons. The average molecular weight is 426 g/mol. The minimum atomic E-state index is -1.42. The zero-order valence-electron chi connectivity index (χ0n) is 15.6. The number of halogens is 1. The molecule has 0 saturated carbocycles. The van der Waals surface area contributed by atoms with Crippen LogP contribution in [-0.2, 0) is 11.2 Å². The maximum atomic E-state index is 10.3. The zero-order chi connectivity index (χ0) is 20.4. The normalized spacial score (nSPS) is 28.5. The number of aliphatic hydroxyl groups excluding tert-OH is 4. The van der Waals surface area contributed by atoms with Crippen molar-refractivity contribution >= 4 is 28.5 Å². The van der Waals surface area contributed by atoms with Gasteiger partial charge in [-0.15, -0.1) is 11.3 Å². The fraction of sp³-hybridized carbons (Fsp3) is 0.450.